The first-order valence-corrected chi connectivity index (χ1v) is 8.82. The summed E-state index contributed by atoms with van der Waals surface area (Å²) < 4.78 is 1.95. The third kappa shape index (κ3) is 3.74. The molecule has 0 spiro atoms. The molecule has 1 aliphatic carbocycles. The molecule has 2 heterocycles. The van der Waals surface area contributed by atoms with Crippen LogP contribution in [0.25, 0.3) is 5.69 Å². The number of hydrogen-bond donors (Lipinski definition) is 1. The van der Waals surface area contributed by atoms with Crippen LogP contribution in [0.1, 0.15) is 24.1 Å². The maximum Gasteiger partial charge on any atom is 0.318 e. The van der Waals surface area contributed by atoms with E-state index in [1.165, 1.54) is 0 Å². The fourth-order valence-electron chi connectivity index (χ4n) is 3.01. The smallest absolute Gasteiger partial charge is 0.318 e. The number of amides is 2. The quantitative estimate of drug-likeness (QED) is 0.745. The zero-order valence-electron chi connectivity index (χ0n) is 14.5. The van der Waals surface area contributed by atoms with Gasteiger partial charge in [0.1, 0.15) is 0 Å². The first-order valence-electron chi connectivity index (χ1n) is 8.82. The summed E-state index contributed by atoms with van der Waals surface area (Å²) in [6.07, 6.45) is 9.30. The normalized spacial score (nSPS) is 13.4. The third-order valence-corrected chi connectivity index (χ3v) is 4.51. The lowest BCUT2D eigenvalue weighted by molar-refractivity contribution is 0.191. The Morgan fingerprint density at radius 2 is 2.00 bits per heavy atom. The Kier molecular flexibility index (Phi) is 4.64. The number of carbonyl (C=O) groups excluding carboxylic acids is 1. The van der Waals surface area contributed by atoms with Crippen LogP contribution < -0.4 is 5.32 Å². The number of carbonyl (C=O) groups is 1. The standard InChI is InChI=1S/C20H21N5O/c26-20(25(18-8-9-18)14-17-6-3-4-10-22-17)23-13-16-5-1-2-7-19(16)24-12-11-21-15-24/h1-7,10-12,15,18H,8-9,13-14H2,(H,23,26). The molecule has 6 nitrogen and oxygen atoms in total. The second-order valence-electron chi connectivity index (χ2n) is 6.44. The van der Waals surface area contributed by atoms with Gasteiger partial charge in [0, 0.05) is 31.2 Å². The molecule has 0 bridgehead atoms. The summed E-state index contributed by atoms with van der Waals surface area (Å²) in [6.45, 7) is 1.01. The van der Waals surface area contributed by atoms with Gasteiger partial charge in [-0.25, -0.2) is 9.78 Å². The van der Waals surface area contributed by atoms with E-state index < -0.39 is 0 Å². The minimum atomic E-state index is -0.0430. The zero-order chi connectivity index (χ0) is 17.8. The van der Waals surface area contributed by atoms with Crippen molar-refractivity contribution < 1.29 is 4.79 Å². The van der Waals surface area contributed by atoms with Gasteiger partial charge in [0.15, 0.2) is 0 Å². The van der Waals surface area contributed by atoms with E-state index in [9.17, 15) is 4.79 Å². The summed E-state index contributed by atoms with van der Waals surface area (Å²) in [7, 11) is 0. The Balaban J connectivity index is 1.45. The van der Waals surface area contributed by atoms with Gasteiger partial charge >= 0.3 is 6.03 Å². The molecule has 132 valence electrons. The summed E-state index contributed by atoms with van der Waals surface area (Å²) in [4.78, 5) is 23.1. The van der Waals surface area contributed by atoms with Crippen LogP contribution >= 0.6 is 0 Å². The van der Waals surface area contributed by atoms with Crippen molar-refractivity contribution in [3.63, 3.8) is 0 Å². The maximum atomic E-state index is 12.8. The lowest BCUT2D eigenvalue weighted by Gasteiger charge is -2.23. The number of nitrogens with one attached hydrogen (secondary N) is 1. The molecule has 1 fully saturated rings. The highest BCUT2D eigenvalue weighted by atomic mass is 16.2. The molecule has 0 radical (unpaired) electrons. The molecule has 0 unspecified atom stereocenters. The summed E-state index contributed by atoms with van der Waals surface area (Å²) in [6, 6.07) is 14.1. The molecule has 0 saturated heterocycles. The lowest BCUT2D eigenvalue weighted by atomic mass is 10.1. The topological polar surface area (TPSA) is 63.1 Å². The number of pyridine rings is 1. The van der Waals surface area contributed by atoms with Crippen LogP contribution in [0.15, 0.2) is 67.4 Å². The Bertz CT molecular complexity index is 859. The van der Waals surface area contributed by atoms with Gasteiger partial charge in [0.05, 0.1) is 24.3 Å². The largest absolute Gasteiger partial charge is 0.334 e. The SMILES string of the molecule is O=C(NCc1ccccc1-n1ccnc1)N(Cc1ccccn1)C1CC1. The summed E-state index contributed by atoms with van der Waals surface area (Å²) >= 11 is 0. The number of aromatic nitrogens is 3. The van der Waals surface area contributed by atoms with Crippen molar-refractivity contribution >= 4 is 6.03 Å². The highest BCUT2D eigenvalue weighted by Crippen LogP contribution is 2.28. The van der Waals surface area contributed by atoms with Crippen molar-refractivity contribution in [2.45, 2.75) is 32.0 Å². The first kappa shape index (κ1) is 16.3. The average molecular weight is 347 g/mol. The van der Waals surface area contributed by atoms with E-state index in [0.717, 1.165) is 29.8 Å². The number of imidazole rings is 1. The Hall–Kier alpha value is -3.15. The zero-order valence-corrected chi connectivity index (χ0v) is 14.5. The average Bonchev–Trinajstić information content (AvgIpc) is 3.38. The van der Waals surface area contributed by atoms with E-state index in [1.807, 2.05) is 58.1 Å². The van der Waals surface area contributed by atoms with E-state index >= 15 is 0 Å². The second-order valence-corrected chi connectivity index (χ2v) is 6.44. The van der Waals surface area contributed by atoms with Crippen molar-refractivity contribution in [1.29, 1.82) is 0 Å². The number of benzene rings is 1. The van der Waals surface area contributed by atoms with Crippen LogP contribution in [0.4, 0.5) is 4.79 Å². The van der Waals surface area contributed by atoms with Gasteiger partial charge in [-0.2, -0.15) is 0 Å². The molecule has 26 heavy (non-hydrogen) atoms. The summed E-state index contributed by atoms with van der Waals surface area (Å²) in [5.74, 6) is 0. The Morgan fingerprint density at radius 1 is 1.15 bits per heavy atom. The van der Waals surface area contributed by atoms with Gasteiger partial charge in [-0.1, -0.05) is 24.3 Å². The number of nitrogens with zero attached hydrogens (tertiary/aromatic N) is 4. The van der Waals surface area contributed by atoms with Crippen LogP contribution in [-0.2, 0) is 13.1 Å². The van der Waals surface area contributed by atoms with Crippen LogP contribution in [-0.4, -0.2) is 31.5 Å². The predicted molar refractivity (Wildman–Crippen MR) is 98.6 cm³/mol. The molecule has 6 heteroatoms. The Labute approximate surface area is 152 Å². The van der Waals surface area contributed by atoms with E-state index in [1.54, 1.807) is 18.7 Å². The first-order chi connectivity index (χ1) is 12.8. The minimum absolute atomic E-state index is 0.0430. The van der Waals surface area contributed by atoms with Crippen LogP contribution in [0.5, 0.6) is 0 Å². The molecule has 1 aliphatic rings. The van der Waals surface area contributed by atoms with Crippen LogP contribution in [0.2, 0.25) is 0 Å². The van der Waals surface area contributed by atoms with Crippen molar-refractivity contribution in [3.8, 4) is 5.69 Å². The molecular formula is C20H21N5O. The Morgan fingerprint density at radius 3 is 2.73 bits per heavy atom. The van der Waals surface area contributed by atoms with Crippen LogP contribution in [0.3, 0.4) is 0 Å². The monoisotopic (exact) mass is 347 g/mol. The fraction of sp³-hybridized carbons (Fsp3) is 0.250. The molecule has 1 saturated carbocycles. The van der Waals surface area contributed by atoms with Crippen LogP contribution in [0, 0.1) is 0 Å². The van der Waals surface area contributed by atoms with Crippen molar-refractivity contribution in [2.75, 3.05) is 0 Å². The lowest BCUT2D eigenvalue weighted by Crippen LogP contribution is -2.40. The molecule has 2 aromatic heterocycles. The number of para-hydroxylation sites is 1. The summed E-state index contributed by atoms with van der Waals surface area (Å²) in [5, 5.41) is 3.07. The third-order valence-electron chi connectivity index (χ3n) is 4.51. The molecule has 2 amide bonds. The van der Waals surface area contributed by atoms with E-state index in [4.69, 9.17) is 0 Å². The molecule has 4 rings (SSSR count). The predicted octanol–water partition coefficient (Wildman–Crippen LogP) is 3.14. The molecular weight excluding hydrogens is 326 g/mol. The summed E-state index contributed by atoms with van der Waals surface area (Å²) in [5.41, 5.74) is 2.98. The van der Waals surface area contributed by atoms with Gasteiger partial charge in [-0.3, -0.25) is 4.98 Å². The number of hydrogen-bond acceptors (Lipinski definition) is 3. The fourth-order valence-corrected chi connectivity index (χ4v) is 3.01. The van der Waals surface area contributed by atoms with Crippen molar-refractivity contribution in [1.82, 2.24) is 24.8 Å². The highest BCUT2D eigenvalue weighted by Gasteiger charge is 2.32. The minimum Gasteiger partial charge on any atom is -0.334 e. The molecule has 1 N–H and O–H groups in total. The van der Waals surface area contributed by atoms with Gasteiger partial charge in [-0.15, -0.1) is 0 Å². The van der Waals surface area contributed by atoms with E-state index in [-0.39, 0.29) is 6.03 Å². The van der Waals surface area contributed by atoms with Crippen molar-refractivity contribution in [2.24, 2.45) is 0 Å². The molecule has 3 aromatic rings. The van der Waals surface area contributed by atoms with Gasteiger partial charge in [0.2, 0.25) is 0 Å². The molecule has 0 atom stereocenters. The highest BCUT2D eigenvalue weighted by molar-refractivity contribution is 5.75. The van der Waals surface area contributed by atoms with Gasteiger partial charge < -0.3 is 14.8 Å². The number of rotatable bonds is 6. The van der Waals surface area contributed by atoms with Crippen molar-refractivity contribution in [3.05, 3.63) is 78.6 Å². The van der Waals surface area contributed by atoms with E-state index in [0.29, 0.717) is 19.1 Å². The van der Waals surface area contributed by atoms with E-state index in [2.05, 4.69) is 15.3 Å². The van der Waals surface area contributed by atoms with Gasteiger partial charge in [0.25, 0.3) is 0 Å². The van der Waals surface area contributed by atoms with Gasteiger partial charge in [-0.05, 0) is 36.6 Å². The maximum absolute atomic E-state index is 12.8. The molecule has 1 aromatic carbocycles. The number of urea groups is 1. The second kappa shape index (κ2) is 7.39. The molecule has 0 aliphatic heterocycles.